The minimum atomic E-state index is -0.369. The second kappa shape index (κ2) is 7.19. The van der Waals surface area contributed by atoms with Gasteiger partial charge in [0.2, 0.25) is 0 Å². The maximum atomic E-state index is 11.8. The molecule has 0 unspecified atom stereocenters. The number of nitrogens with zero attached hydrogens (tertiary/aromatic N) is 2. The van der Waals surface area contributed by atoms with Crippen molar-refractivity contribution in [3.05, 3.63) is 75.8 Å². The molecule has 1 aromatic carbocycles. The van der Waals surface area contributed by atoms with Crippen molar-refractivity contribution in [1.82, 2.24) is 10.4 Å². The van der Waals surface area contributed by atoms with Gasteiger partial charge in [0, 0.05) is 15.3 Å². The molecule has 1 N–H and O–H groups in total. The van der Waals surface area contributed by atoms with E-state index in [2.05, 4.69) is 38.1 Å². The minimum absolute atomic E-state index is 0.309. The van der Waals surface area contributed by atoms with Crippen LogP contribution in [0.25, 0.3) is 11.3 Å². The van der Waals surface area contributed by atoms with Gasteiger partial charge in [-0.25, -0.2) is 5.43 Å². The first kappa shape index (κ1) is 15.4. The monoisotopic (exact) mass is 417 g/mol. The molecular weight excluding hydrogens is 405 g/mol. The number of aromatic nitrogens is 1. The lowest BCUT2D eigenvalue weighted by Crippen LogP contribution is -2.18. The van der Waals surface area contributed by atoms with Gasteiger partial charge in [0.15, 0.2) is 0 Å². The van der Waals surface area contributed by atoms with Gasteiger partial charge in [-0.3, -0.25) is 9.78 Å². The highest BCUT2D eigenvalue weighted by atomic mass is 127. The number of amides is 1. The fourth-order valence-corrected chi connectivity index (χ4v) is 2.26. The lowest BCUT2D eigenvalue weighted by Gasteiger charge is -1.97. The molecule has 6 heteroatoms. The van der Waals surface area contributed by atoms with E-state index in [1.165, 1.54) is 6.21 Å². The summed E-state index contributed by atoms with van der Waals surface area (Å²) >= 11 is 2.25. The molecule has 0 fully saturated rings. The van der Waals surface area contributed by atoms with E-state index >= 15 is 0 Å². The molecule has 2 heterocycles. The van der Waals surface area contributed by atoms with Gasteiger partial charge in [0.1, 0.15) is 17.2 Å². The molecule has 0 atom stereocenters. The van der Waals surface area contributed by atoms with Crippen LogP contribution in [0.5, 0.6) is 0 Å². The summed E-state index contributed by atoms with van der Waals surface area (Å²) in [6.45, 7) is 0. The van der Waals surface area contributed by atoms with Crippen molar-refractivity contribution in [3.63, 3.8) is 0 Å². The average molecular weight is 417 g/mol. The molecule has 0 spiro atoms. The molecule has 0 radical (unpaired) electrons. The molecule has 0 aliphatic rings. The largest absolute Gasteiger partial charge is 0.455 e. The predicted molar refractivity (Wildman–Crippen MR) is 96.2 cm³/mol. The van der Waals surface area contributed by atoms with Crippen molar-refractivity contribution in [2.24, 2.45) is 5.10 Å². The molecule has 3 aromatic rings. The van der Waals surface area contributed by atoms with E-state index in [1.54, 1.807) is 30.5 Å². The predicted octanol–water partition coefficient (Wildman–Crippen LogP) is 3.71. The lowest BCUT2D eigenvalue weighted by molar-refractivity contribution is 0.0950. The van der Waals surface area contributed by atoms with Crippen molar-refractivity contribution in [1.29, 1.82) is 0 Å². The van der Waals surface area contributed by atoms with Crippen LogP contribution in [0.1, 0.15) is 16.2 Å². The molecule has 0 saturated carbocycles. The smallest absolute Gasteiger partial charge is 0.289 e. The topological polar surface area (TPSA) is 67.5 Å². The molecule has 5 nitrogen and oxygen atoms in total. The van der Waals surface area contributed by atoms with Crippen LogP contribution in [0.15, 0.2) is 70.3 Å². The highest BCUT2D eigenvalue weighted by Gasteiger charge is 2.05. The first-order chi connectivity index (χ1) is 11.2. The van der Waals surface area contributed by atoms with Gasteiger partial charge in [-0.1, -0.05) is 18.2 Å². The van der Waals surface area contributed by atoms with E-state index in [4.69, 9.17) is 4.42 Å². The third kappa shape index (κ3) is 4.04. The number of hydrazone groups is 1. The Morgan fingerprint density at radius 1 is 1.13 bits per heavy atom. The Labute approximate surface area is 146 Å². The van der Waals surface area contributed by atoms with Gasteiger partial charge in [0.05, 0.1) is 6.21 Å². The molecule has 0 saturated heterocycles. The maximum absolute atomic E-state index is 11.8. The van der Waals surface area contributed by atoms with Crippen LogP contribution in [-0.4, -0.2) is 17.1 Å². The minimum Gasteiger partial charge on any atom is -0.455 e. The molecular formula is C17H12IN3O2. The normalized spacial score (nSPS) is 10.8. The summed E-state index contributed by atoms with van der Waals surface area (Å²) in [6.07, 6.45) is 3.01. The van der Waals surface area contributed by atoms with Crippen molar-refractivity contribution in [2.45, 2.75) is 0 Å². The Kier molecular flexibility index (Phi) is 4.82. The lowest BCUT2D eigenvalue weighted by atomic mass is 10.2. The average Bonchev–Trinajstić information content (AvgIpc) is 3.05. The number of pyridine rings is 1. The first-order valence-electron chi connectivity index (χ1n) is 6.82. The summed E-state index contributed by atoms with van der Waals surface area (Å²) in [5, 5.41) is 3.88. The van der Waals surface area contributed by atoms with Gasteiger partial charge in [0.25, 0.3) is 5.91 Å². The number of nitrogens with one attached hydrogen (secondary N) is 1. The van der Waals surface area contributed by atoms with Gasteiger partial charge >= 0.3 is 0 Å². The number of hydrogen-bond acceptors (Lipinski definition) is 4. The molecule has 23 heavy (non-hydrogen) atoms. The van der Waals surface area contributed by atoms with Gasteiger partial charge < -0.3 is 4.42 Å². The fourth-order valence-electron chi connectivity index (χ4n) is 1.90. The zero-order valence-corrected chi connectivity index (χ0v) is 14.1. The summed E-state index contributed by atoms with van der Waals surface area (Å²) < 4.78 is 6.84. The second-order valence-electron chi connectivity index (χ2n) is 4.62. The van der Waals surface area contributed by atoms with Gasteiger partial charge in [-0.15, -0.1) is 0 Å². The van der Waals surface area contributed by atoms with Crippen LogP contribution in [0.3, 0.4) is 0 Å². The summed E-state index contributed by atoms with van der Waals surface area (Å²) in [7, 11) is 0. The fraction of sp³-hybridized carbons (Fsp3) is 0. The van der Waals surface area contributed by atoms with E-state index in [1.807, 2.05) is 30.3 Å². The highest BCUT2D eigenvalue weighted by molar-refractivity contribution is 14.1. The van der Waals surface area contributed by atoms with Gasteiger partial charge in [-0.2, -0.15) is 5.10 Å². The van der Waals surface area contributed by atoms with Crippen LogP contribution in [0.4, 0.5) is 0 Å². The summed E-state index contributed by atoms with van der Waals surface area (Å²) in [5.74, 6) is 0.935. The SMILES string of the molecule is O=C(N/N=C\c1ccc(-c2ccc(I)cc2)o1)c1ccccn1. The van der Waals surface area contributed by atoms with Crippen LogP contribution >= 0.6 is 22.6 Å². The summed E-state index contributed by atoms with van der Waals surface area (Å²) in [6, 6.07) is 16.8. The van der Waals surface area contributed by atoms with E-state index in [9.17, 15) is 4.79 Å². The van der Waals surface area contributed by atoms with Gasteiger partial charge in [-0.05, 0) is 59.0 Å². The Morgan fingerprint density at radius 2 is 1.96 bits per heavy atom. The van der Waals surface area contributed by atoms with Crippen LogP contribution < -0.4 is 5.43 Å². The van der Waals surface area contributed by atoms with Crippen molar-refractivity contribution >= 4 is 34.7 Å². The maximum Gasteiger partial charge on any atom is 0.289 e. The van der Waals surface area contributed by atoms with E-state index in [-0.39, 0.29) is 5.91 Å². The number of rotatable bonds is 4. The number of halogens is 1. The quantitative estimate of drug-likeness (QED) is 0.400. The molecule has 0 bridgehead atoms. The number of carbonyl (C=O) groups is 1. The van der Waals surface area contributed by atoms with Crippen molar-refractivity contribution < 1.29 is 9.21 Å². The first-order valence-corrected chi connectivity index (χ1v) is 7.90. The zero-order valence-electron chi connectivity index (χ0n) is 11.9. The Bertz CT molecular complexity index is 827. The number of benzene rings is 1. The van der Waals surface area contributed by atoms with Crippen molar-refractivity contribution in [2.75, 3.05) is 0 Å². The molecule has 3 rings (SSSR count). The number of furan rings is 1. The second-order valence-corrected chi connectivity index (χ2v) is 5.87. The number of carbonyl (C=O) groups excluding carboxylic acids is 1. The van der Waals surface area contributed by atoms with Crippen LogP contribution in [-0.2, 0) is 0 Å². The number of hydrogen-bond donors (Lipinski definition) is 1. The van der Waals surface area contributed by atoms with E-state index < -0.39 is 0 Å². The highest BCUT2D eigenvalue weighted by Crippen LogP contribution is 2.22. The molecule has 0 aliphatic carbocycles. The standard InChI is InChI=1S/C17H12IN3O2/c18-13-6-4-12(5-7-13)16-9-8-14(23-16)11-20-21-17(22)15-3-1-2-10-19-15/h1-11H,(H,21,22)/b20-11-. The summed E-state index contributed by atoms with van der Waals surface area (Å²) in [5.41, 5.74) is 3.71. The van der Waals surface area contributed by atoms with Crippen molar-refractivity contribution in [3.8, 4) is 11.3 Å². The Hall–Kier alpha value is -2.48. The van der Waals surface area contributed by atoms with E-state index in [0.717, 1.165) is 14.9 Å². The molecule has 0 aliphatic heterocycles. The third-order valence-electron chi connectivity index (χ3n) is 3.01. The Morgan fingerprint density at radius 3 is 2.70 bits per heavy atom. The molecule has 114 valence electrons. The van der Waals surface area contributed by atoms with Crippen LogP contribution in [0, 0.1) is 3.57 Å². The van der Waals surface area contributed by atoms with E-state index in [0.29, 0.717) is 11.5 Å². The third-order valence-corrected chi connectivity index (χ3v) is 3.73. The summed E-state index contributed by atoms with van der Waals surface area (Å²) in [4.78, 5) is 15.7. The zero-order chi connectivity index (χ0) is 16.1. The molecule has 2 aromatic heterocycles. The van der Waals surface area contributed by atoms with Crippen LogP contribution in [0.2, 0.25) is 0 Å². The molecule has 1 amide bonds. The Balaban J connectivity index is 1.65.